The van der Waals surface area contributed by atoms with Crippen molar-refractivity contribution < 1.29 is 14.3 Å². The van der Waals surface area contributed by atoms with Crippen molar-refractivity contribution in [1.29, 1.82) is 0 Å². The van der Waals surface area contributed by atoms with Crippen molar-refractivity contribution in [3.8, 4) is 11.5 Å². The van der Waals surface area contributed by atoms with E-state index in [1.54, 1.807) is 7.11 Å². The SMILES string of the molecule is COc1cc(C(=O)N2CCN(CCOc3ccccc3Cl)CC2)ccc1C. The highest BCUT2D eigenvalue weighted by Gasteiger charge is 2.22. The van der Waals surface area contributed by atoms with E-state index in [1.807, 2.05) is 54.3 Å². The van der Waals surface area contributed by atoms with E-state index >= 15 is 0 Å². The maximum absolute atomic E-state index is 12.7. The molecule has 3 rings (SSSR count). The highest BCUT2D eigenvalue weighted by atomic mass is 35.5. The number of amides is 1. The van der Waals surface area contributed by atoms with Crippen LogP contribution in [0.4, 0.5) is 0 Å². The molecule has 2 aromatic rings. The summed E-state index contributed by atoms with van der Waals surface area (Å²) in [4.78, 5) is 16.9. The Labute approximate surface area is 165 Å². The molecule has 0 aliphatic carbocycles. The molecule has 0 radical (unpaired) electrons. The van der Waals surface area contributed by atoms with Crippen molar-refractivity contribution in [3.63, 3.8) is 0 Å². The largest absolute Gasteiger partial charge is 0.496 e. The van der Waals surface area contributed by atoms with Gasteiger partial charge in [-0.05, 0) is 36.8 Å². The first-order valence-electron chi connectivity index (χ1n) is 9.12. The van der Waals surface area contributed by atoms with E-state index in [2.05, 4.69) is 4.90 Å². The van der Waals surface area contributed by atoms with E-state index in [9.17, 15) is 4.79 Å². The third-order valence-electron chi connectivity index (χ3n) is 4.82. The first-order chi connectivity index (χ1) is 13.1. The fourth-order valence-electron chi connectivity index (χ4n) is 3.16. The number of carbonyl (C=O) groups is 1. The Kier molecular flexibility index (Phi) is 6.58. The van der Waals surface area contributed by atoms with Crippen LogP contribution in [-0.4, -0.2) is 62.1 Å². The van der Waals surface area contributed by atoms with E-state index in [4.69, 9.17) is 21.1 Å². The van der Waals surface area contributed by atoms with Gasteiger partial charge >= 0.3 is 0 Å². The van der Waals surface area contributed by atoms with Gasteiger partial charge < -0.3 is 14.4 Å². The van der Waals surface area contributed by atoms with Gasteiger partial charge in [-0.1, -0.05) is 29.8 Å². The third kappa shape index (κ3) is 4.93. The van der Waals surface area contributed by atoms with E-state index < -0.39 is 0 Å². The molecule has 1 fully saturated rings. The molecule has 0 spiro atoms. The molecule has 1 amide bonds. The second-order valence-electron chi connectivity index (χ2n) is 6.60. The minimum atomic E-state index is 0.0558. The fourth-order valence-corrected chi connectivity index (χ4v) is 3.35. The smallest absolute Gasteiger partial charge is 0.254 e. The summed E-state index contributed by atoms with van der Waals surface area (Å²) in [6, 6.07) is 13.1. The Hall–Kier alpha value is -2.24. The summed E-state index contributed by atoms with van der Waals surface area (Å²) in [6.07, 6.45) is 0. The summed E-state index contributed by atoms with van der Waals surface area (Å²) in [7, 11) is 1.63. The lowest BCUT2D eigenvalue weighted by Gasteiger charge is -2.34. The molecule has 1 heterocycles. The molecule has 144 valence electrons. The van der Waals surface area contributed by atoms with Crippen LogP contribution in [0.2, 0.25) is 5.02 Å². The summed E-state index contributed by atoms with van der Waals surface area (Å²) >= 11 is 6.10. The summed E-state index contributed by atoms with van der Waals surface area (Å²) in [5.41, 5.74) is 1.70. The molecule has 1 saturated heterocycles. The minimum Gasteiger partial charge on any atom is -0.496 e. The highest BCUT2D eigenvalue weighted by molar-refractivity contribution is 6.32. The Morgan fingerprint density at radius 3 is 2.52 bits per heavy atom. The first-order valence-corrected chi connectivity index (χ1v) is 9.50. The highest BCUT2D eigenvalue weighted by Crippen LogP contribution is 2.23. The standard InChI is InChI=1S/C21H25ClN2O3/c1-16-7-8-17(15-20(16)26-2)21(25)24-11-9-23(10-12-24)13-14-27-19-6-4-3-5-18(19)22/h3-8,15H,9-14H2,1-2H3. The molecule has 6 heteroatoms. The van der Waals surface area contributed by atoms with Gasteiger partial charge in [0, 0.05) is 38.3 Å². The van der Waals surface area contributed by atoms with Gasteiger partial charge in [0.15, 0.2) is 0 Å². The van der Waals surface area contributed by atoms with E-state index in [1.165, 1.54) is 0 Å². The third-order valence-corrected chi connectivity index (χ3v) is 5.13. The van der Waals surface area contributed by atoms with Gasteiger partial charge in [-0.3, -0.25) is 9.69 Å². The van der Waals surface area contributed by atoms with Gasteiger partial charge in [-0.15, -0.1) is 0 Å². The molecular weight excluding hydrogens is 364 g/mol. The predicted molar refractivity (Wildman–Crippen MR) is 107 cm³/mol. The van der Waals surface area contributed by atoms with E-state index in [0.717, 1.165) is 30.9 Å². The molecule has 1 aliphatic heterocycles. The molecule has 0 N–H and O–H groups in total. The van der Waals surface area contributed by atoms with Crippen molar-refractivity contribution in [1.82, 2.24) is 9.80 Å². The molecule has 0 unspecified atom stereocenters. The van der Waals surface area contributed by atoms with Crippen molar-refractivity contribution in [2.45, 2.75) is 6.92 Å². The zero-order valence-corrected chi connectivity index (χ0v) is 16.5. The van der Waals surface area contributed by atoms with E-state index in [0.29, 0.717) is 36.0 Å². The topological polar surface area (TPSA) is 42.0 Å². The maximum Gasteiger partial charge on any atom is 0.254 e. The lowest BCUT2D eigenvalue weighted by atomic mass is 10.1. The minimum absolute atomic E-state index is 0.0558. The second-order valence-corrected chi connectivity index (χ2v) is 7.00. The average molecular weight is 389 g/mol. The number of nitrogens with zero attached hydrogens (tertiary/aromatic N) is 2. The monoisotopic (exact) mass is 388 g/mol. The van der Waals surface area contributed by atoms with Gasteiger partial charge in [-0.2, -0.15) is 0 Å². The summed E-state index contributed by atoms with van der Waals surface area (Å²) in [5, 5.41) is 0.626. The fraction of sp³-hybridized carbons (Fsp3) is 0.381. The second kappa shape index (κ2) is 9.11. The summed E-state index contributed by atoms with van der Waals surface area (Å²) in [5.74, 6) is 1.51. The molecule has 27 heavy (non-hydrogen) atoms. The van der Waals surface area contributed by atoms with Gasteiger partial charge in [0.2, 0.25) is 0 Å². The molecular formula is C21H25ClN2O3. The zero-order chi connectivity index (χ0) is 19.2. The van der Waals surface area contributed by atoms with Crippen molar-refractivity contribution in [2.75, 3.05) is 46.4 Å². The Morgan fingerprint density at radius 1 is 1.07 bits per heavy atom. The van der Waals surface area contributed by atoms with Crippen LogP contribution in [0.5, 0.6) is 11.5 Å². The molecule has 0 saturated carbocycles. The lowest BCUT2D eigenvalue weighted by molar-refractivity contribution is 0.0620. The number of carbonyl (C=O) groups excluding carboxylic acids is 1. The lowest BCUT2D eigenvalue weighted by Crippen LogP contribution is -2.49. The zero-order valence-electron chi connectivity index (χ0n) is 15.8. The first kappa shape index (κ1) is 19.5. The van der Waals surface area contributed by atoms with Crippen LogP contribution >= 0.6 is 11.6 Å². The van der Waals surface area contributed by atoms with Crippen LogP contribution in [0.3, 0.4) is 0 Å². The van der Waals surface area contributed by atoms with Crippen LogP contribution in [0.25, 0.3) is 0 Å². The predicted octanol–water partition coefficient (Wildman–Crippen LogP) is 3.49. The van der Waals surface area contributed by atoms with Crippen molar-refractivity contribution in [2.24, 2.45) is 0 Å². The Morgan fingerprint density at radius 2 is 1.81 bits per heavy atom. The van der Waals surface area contributed by atoms with Gasteiger partial charge in [0.1, 0.15) is 18.1 Å². The molecule has 0 aromatic heterocycles. The van der Waals surface area contributed by atoms with Crippen molar-refractivity contribution >= 4 is 17.5 Å². The number of hydrogen-bond acceptors (Lipinski definition) is 4. The number of rotatable bonds is 6. The van der Waals surface area contributed by atoms with Crippen molar-refractivity contribution in [3.05, 3.63) is 58.6 Å². The molecule has 5 nitrogen and oxygen atoms in total. The number of halogens is 1. The Bertz CT molecular complexity index is 789. The van der Waals surface area contributed by atoms with Gasteiger partial charge in [0.25, 0.3) is 5.91 Å². The molecule has 0 atom stereocenters. The number of methoxy groups -OCH3 is 1. The summed E-state index contributed by atoms with van der Waals surface area (Å²) in [6.45, 7) is 6.44. The van der Waals surface area contributed by atoms with Gasteiger partial charge in [0.05, 0.1) is 12.1 Å². The molecule has 0 bridgehead atoms. The average Bonchev–Trinajstić information content (AvgIpc) is 2.70. The van der Waals surface area contributed by atoms with Crippen LogP contribution in [0.15, 0.2) is 42.5 Å². The molecule has 2 aromatic carbocycles. The number of benzene rings is 2. The number of piperazine rings is 1. The number of hydrogen-bond donors (Lipinski definition) is 0. The normalized spacial score (nSPS) is 14.9. The number of para-hydroxylation sites is 1. The maximum atomic E-state index is 12.7. The van der Waals surface area contributed by atoms with E-state index in [-0.39, 0.29) is 5.91 Å². The van der Waals surface area contributed by atoms with Crippen LogP contribution in [0.1, 0.15) is 15.9 Å². The Balaban J connectivity index is 1.47. The quantitative estimate of drug-likeness (QED) is 0.759. The number of ether oxygens (including phenoxy) is 2. The van der Waals surface area contributed by atoms with Crippen LogP contribution in [0, 0.1) is 6.92 Å². The molecule has 1 aliphatic rings. The van der Waals surface area contributed by atoms with Crippen LogP contribution in [-0.2, 0) is 0 Å². The van der Waals surface area contributed by atoms with Crippen LogP contribution < -0.4 is 9.47 Å². The van der Waals surface area contributed by atoms with Gasteiger partial charge in [-0.25, -0.2) is 0 Å². The number of aryl methyl sites for hydroxylation is 1. The summed E-state index contributed by atoms with van der Waals surface area (Å²) < 4.78 is 11.1.